The Hall–Kier alpha value is 6.92. The number of allylic oxidation sites excluding steroid dienone is 2. The van der Waals surface area contributed by atoms with E-state index >= 15 is 0 Å². The summed E-state index contributed by atoms with van der Waals surface area (Å²) in [6.07, 6.45) is 5.78. The van der Waals surface area contributed by atoms with Crippen LogP contribution in [0.4, 0.5) is 11.4 Å². The van der Waals surface area contributed by atoms with Crippen LogP contribution in [-0.2, 0) is 342 Å². The molecule has 1 aromatic carbocycles. The maximum absolute atomic E-state index is 5.78. The Balaban J connectivity index is 0.000000562. The molecule has 0 radical (unpaired) electrons. The lowest BCUT2D eigenvalue weighted by Gasteiger charge is -2.12. The van der Waals surface area contributed by atoms with Crippen LogP contribution in [0.5, 0.6) is 0 Å². The summed E-state index contributed by atoms with van der Waals surface area (Å²) in [6, 6.07) is 4.08. The van der Waals surface area contributed by atoms with Crippen LogP contribution in [0, 0.1) is 0 Å². The zero-order chi connectivity index (χ0) is 36.5. The van der Waals surface area contributed by atoms with Gasteiger partial charge in [0.2, 0.25) is 0 Å². The van der Waals surface area contributed by atoms with E-state index in [4.69, 9.17) is 33.8 Å². The zero-order valence-corrected chi connectivity index (χ0v) is 53.9. The summed E-state index contributed by atoms with van der Waals surface area (Å²) in [5.41, 5.74) is 15.8. The van der Waals surface area contributed by atoms with E-state index in [1.54, 1.807) is 107 Å². The summed E-state index contributed by atoms with van der Waals surface area (Å²) in [5.74, 6) is 1.20. The van der Waals surface area contributed by atoms with Crippen molar-refractivity contribution in [3.8, 4) is 0 Å². The van der Waals surface area contributed by atoms with Crippen molar-refractivity contribution in [3.63, 3.8) is 0 Å². The lowest BCUT2D eigenvalue weighted by atomic mass is 9.96. The van der Waals surface area contributed by atoms with Crippen molar-refractivity contribution < 1.29 is 0 Å². The monoisotopic (exact) mass is 1390 g/mol. The van der Waals surface area contributed by atoms with Gasteiger partial charge in [0.25, 0.3) is 0 Å². The van der Waals surface area contributed by atoms with Gasteiger partial charge in [0.05, 0.1) is 11.4 Å². The number of hydrogen-bond acceptors (Lipinski definition) is 4. The second-order valence-electron chi connectivity index (χ2n) is 6.39. The van der Waals surface area contributed by atoms with E-state index in [1.165, 1.54) is 35.3 Å². The molecule has 0 heterocycles. The average Bonchev–Trinajstić information content (AvgIpc) is 3.75. The minimum atomic E-state index is 0.600. The van der Waals surface area contributed by atoms with E-state index < -0.39 is 0 Å². The molecule has 2 nitrogen and oxygen atoms in total. The highest BCUT2D eigenvalue weighted by Crippen LogP contribution is 2.49. The standard InChI is InChI=1S/C11H12N2.S38/c12-10-4-8-6-1-2-7(3-6)9(8)5-11(10)13;1-3-5-7-9-11-13-15-17-19-21-23-25-27-29-31-33-35-37-38-36-34-32-30-28-26-24-22-20-18-16-14-12-10-8-6-4-2/h1-2,4-7H,3,12-13H2;. The number of benzene rings is 1. The molecule has 51 heavy (non-hydrogen) atoms. The van der Waals surface area contributed by atoms with Crippen molar-refractivity contribution in [1.29, 1.82) is 0 Å². The second-order valence-corrected chi connectivity index (χ2v) is 70.1. The van der Waals surface area contributed by atoms with Crippen LogP contribution in [-0.4, -0.2) is 0 Å². The topological polar surface area (TPSA) is 52.0 Å². The molecule has 0 fully saturated rings. The van der Waals surface area contributed by atoms with Gasteiger partial charge in [-0.25, -0.2) is 0 Å². The summed E-state index contributed by atoms with van der Waals surface area (Å²) in [7, 11) is 63.7. The Morgan fingerprint density at radius 1 is 0.333 bits per heavy atom. The van der Waals surface area contributed by atoms with E-state index in [9.17, 15) is 0 Å². The van der Waals surface area contributed by atoms with Crippen molar-refractivity contribution in [2.45, 2.75) is 18.3 Å². The third-order valence-electron chi connectivity index (χ3n) is 4.14. The lowest BCUT2D eigenvalue weighted by Crippen LogP contribution is -2.00. The Labute approximate surface area is 408 Å². The molecule has 0 aromatic heterocycles. The predicted octanol–water partition coefficient (Wildman–Crippen LogP) is 1.90. The predicted molar refractivity (Wildman–Crippen MR) is 334 cm³/mol. The number of fused-ring (bicyclic) bond motifs is 5. The van der Waals surface area contributed by atoms with E-state index in [2.05, 4.69) is 12.2 Å². The maximum atomic E-state index is 5.78. The molecule has 2 aliphatic carbocycles. The fraction of sp³-hybridized carbons (Fsp3) is 0.273. The molecule has 2 unspecified atom stereocenters. The van der Waals surface area contributed by atoms with Gasteiger partial charge < -0.3 is 11.5 Å². The summed E-state index contributed by atoms with van der Waals surface area (Å²) in [5, 5.41) is 0. The first-order valence-electron chi connectivity index (χ1n) is 10.8. The Bertz CT molecular complexity index is 2960. The number of rotatable bonds is 0. The molecule has 294 valence electrons. The number of anilines is 2. The van der Waals surface area contributed by atoms with Crippen LogP contribution in [0.3, 0.4) is 0 Å². The lowest BCUT2D eigenvalue weighted by molar-refractivity contribution is 0.805. The molecule has 40 heteroatoms. The molecule has 3 rings (SSSR count). The van der Waals surface area contributed by atoms with E-state index in [-0.39, 0.29) is 0 Å². The molecule has 0 saturated carbocycles. The first kappa shape index (κ1) is 54.1. The molecular formula is C11H12N2S38. The van der Waals surface area contributed by atoms with Crippen LogP contribution in [0.2, 0.25) is 0 Å². The van der Waals surface area contributed by atoms with Crippen LogP contribution < -0.4 is 11.5 Å². The van der Waals surface area contributed by atoms with Gasteiger partial charge in [-0.15, -0.1) is 0 Å². The van der Waals surface area contributed by atoms with Gasteiger partial charge in [-0.1, -0.05) is 12.2 Å². The Morgan fingerprint density at radius 3 is 0.686 bits per heavy atom. The summed E-state index contributed by atoms with van der Waals surface area (Å²) in [4.78, 5) is 0. The fourth-order valence-corrected chi connectivity index (χ4v) is 96.2. The zero-order valence-electron chi connectivity index (χ0n) is 22.8. The van der Waals surface area contributed by atoms with Gasteiger partial charge >= 0.3 is 0 Å². The molecule has 2 bridgehead atoms. The van der Waals surface area contributed by atoms with Crippen LogP contribution in [0.1, 0.15) is 29.4 Å². The molecule has 4 N–H and O–H groups in total. The average molecular weight is 1390 g/mol. The van der Waals surface area contributed by atoms with Gasteiger partial charge in [0.1, 0.15) is 0 Å². The van der Waals surface area contributed by atoms with Crippen molar-refractivity contribution in [3.05, 3.63) is 35.4 Å². The van der Waals surface area contributed by atoms with Crippen LogP contribution >= 0.6 is 0 Å². The van der Waals surface area contributed by atoms with Gasteiger partial charge in [0.15, 0.2) is 0 Å². The van der Waals surface area contributed by atoms with Gasteiger partial charge in [-0.2, -0.15) is 0 Å². The SMILES string of the molecule is Nc1cc2c(cc1N)C1C=CC2C1.S=S=S=S=S=S=S=S=S=S=S=S=S=S=S=S=S=S=S=S=S=S=S=S=S=S=S=S=S=S=S=S=S=S=S=S=S=S. The molecule has 0 aliphatic heterocycles. The number of nitrogen functional groups attached to an aromatic ring is 2. The smallest absolute Gasteiger partial charge is 0.0550 e. The van der Waals surface area contributed by atoms with Crippen molar-refractivity contribution >= 4 is 353 Å². The first-order chi connectivity index (χ1) is 25.2. The summed E-state index contributed by atoms with van der Waals surface area (Å²) < 4.78 is 0. The van der Waals surface area contributed by atoms with Crippen LogP contribution in [0.15, 0.2) is 24.3 Å². The van der Waals surface area contributed by atoms with Gasteiger partial charge in [-0.3, -0.25) is 0 Å². The van der Waals surface area contributed by atoms with Crippen molar-refractivity contribution in [2.75, 3.05) is 11.5 Å². The molecule has 0 spiro atoms. The van der Waals surface area contributed by atoms with Crippen molar-refractivity contribution in [1.82, 2.24) is 0 Å². The Morgan fingerprint density at radius 2 is 0.510 bits per heavy atom. The van der Waals surface area contributed by atoms with E-state index in [0.717, 1.165) is 11.4 Å². The first-order valence-corrected chi connectivity index (χ1v) is 60.1. The van der Waals surface area contributed by atoms with Gasteiger partial charge in [0, 0.05) is 354 Å². The molecular weight excluding hydrogens is 1380 g/mol. The van der Waals surface area contributed by atoms with Gasteiger partial charge in [-0.05, 0) is 29.7 Å². The molecule has 1 aromatic rings. The second kappa shape index (κ2) is 41.0. The van der Waals surface area contributed by atoms with Crippen LogP contribution in [0.25, 0.3) is 0 Å². The van der Waals surface area contributed by atoms with E-state index in [0.29, 0.717) is 11.8 Å². The third kappa shape index (κ3) is 30.6. The third-order valence-corrected chi connectivity index (χ3v) is 81.9. The largest absolute Gasteiger partial charge is 0.397 e. The Kier molecular flexibility index (Phi) is 43.4. The highest BCUT2D eigenvalue weighted by atomic mass is 33.5. The maximum Gasteiger partial charge on any atom is 0.0550 e. The minimum absolute atomic E-state index is 0.600. The quantitative estimate of drug-likeness (QED) is 0.309. The number of nitrogens with two attached hydrogens (primary N) is 2. The fourth-order valence-electron chi connectivity index (χ4n) is 2.86. The highest BCUT2D eigenvalue weighted by molar-refractivity contribution is 8.81. The molecule has 0 amide bonds. The number of hydrogen-bond donors (Lipinski definition) is 2. The molecule has 0 saturated heterocycles. The minimum Gasteiger partial charge on any atom is -0.397 e. The summed E-state index contributed by atoms with van der Waals surface area (Å²) in [6.45, 7) is 0. The molecule has 2 atom stereocenters. The molecule has 2 aliphatic rings. The normalized spacial score (nSPS) is 12.9. The highest BCUT2D eigenvalue weighted by Gasteiger charge is 2.32. The summed E-state index contributed by atoms with van der Waals surface area (Å²) >= 11 is 9.60. The van der Waals surface area contributed by atoms with E-state index in [1.807, 2.05) is 208 Å². The van der Waals surface area contributed by atoms with Crippen molar-refractivity contribution in [2.24, 2.45) is 0 Å².